The van der Waals surface area contributed by atoms with Crippen molar-refractivity contribution in [3.63, 3.8) is 0 Å². The smallest absolute Gasteiger partial charge is 0.287 e. The third kappa shape index (κ3) is 2.46. The maximum absolute atomic E-state index is 13.5. The molecule has 0 aliphatic carbocycles. The molecule has 1 aliphatic heterocycles. The SMILES string of the molecule is [C-]#[N+][C@@H]1CN(c2cccc(F)c2)C(=O)N1c1cncc2ccccc12. The number of pyridine rings is 1. The van der Waals surface area contributed by atoms with Crippen molar-refractivity contribution in [2.45, 2.75) is 6.17 Å². The molecule has 122 valence electrons. The van der Waals surface area contributed by atoms with Crippen LogP contribution in [-0.2, 0) is 0 Å². The zero-order valence-corrected chi connectivity index (χ0v) is 13.1. The van der Waals surface area contributed by atoms with Gasteiger partial charge in [0.05, 0.1) is 11.9 Å². The van der Waals surface area contributed by atoms with Gasteiger partial charge in [0.1, 0.15) is 12.4 Å². The molecule has 0 saturated carbocycles. The Morgan fingerprint density at radius 1 is 1.16 bits per heavy atom. The second-order valence-electron chi connectivity index (χ2n) is 5.73. The number of hydrogen-bond acceptors (Lipinski definition) is 2. The lowest BCUT2D eigenvalue weighted by atomic mass is 10.1. The highest BCUT2D eigenvalue weighted by Gasteiger charge is 2.44. The minimum Gasteiger partial charge on any atom is -0.287 e. The van der Waals surface area contributed by atoms with Crippen molar-refractivity contribution in [2.24, 2.45) is 0 Å². The summed E-state index contributed by atoms with van der Waals surface area (Å²) < 4.78 is 13.5. The van der Waals surface area contributed by atoms with Gasteiger partial charge in [0.2, 0.25) is 0 Å². The van der Waals surface area contributed by atoms with E-state index >= 15 is 0 Å². The third-order valence-corrected chi connectivity index (χ3v) is 4.26. The summed E-state index contributed by atoms with van der Waals surface area (Å²) in [5.74, 6) is -0.421. The van der Waals surface area contributed by atoms with E-state index in [1.807, 2.05) is 24.3 Å². The number of benzene rings is 2. The summed E-state index contributed by atoms with van der Waals surface area (Å²) in [6.45, 7) is 7.66. The van der Waals surface area contributed by atoms with Crippen LogP contribution in [0.4, 0.5) is 20.6 Å². The number of hydrogen-bond donors (Lipinski definition) is 0. The molecule has 0 spiro atoms. The van der Waals surface area contributed by atoms with Crippen LogP contribution in [0.25, 0.3) is 15.6 Å². The Kier molecular flexibility index (Phi) is 3.55. The van der Waals surface area contributed by atoms with E-state index < -0.39 is 12.0 Å². The van der Waals surface area contributed by atoms with Crippen LogP contribution in [-0.4, -0.2) is 23.7 Å². The van der Waals surface area contributed by atoms with E-state index in [0.29, 0.717) is 11.4 Å². The van der Waals surface area contributed by atoms with Crippen LogP contribution in [0.5, 0.6) is 0 Å². The molecule has 0 unspecified atom stereocenters. The predicted octanol–water partition coefficient (Wildman–Crippen LogP) is 4.07. The number of rotatable bonds is 2. The Bertz CT molecular complexity index is 1010. The number of nitrogens with zero attached hydrogens (tertiary/aromatic N) is 4. The molecular weight excluding hydrogens is 319 g/mol. The number of amides is 2. The first kappa shape index (κ1) is 15.1. The van der Waals surface area contributed by atoms with E-state index in [4.69, 9.17) is 6.57 Å². The van der Waals surface area contributed by atoms with Crippen LogP contribution in [0.15, 0.2) is 60.9 Å². The lowest BCUT2D eigenvalue weighted by Gasteiger charge is -2.19. The van der Waals surface area contributed by atoms with Crippen molar-refractivity contribution < 1.29 is 9.18 Å². The second-order valence-corrected chi connectivity index (χ2v) is 5.73. The zero-order valence-electron chi connectivity index (χ0n) is 13.1. The van der Waals surface area contributed by atoms with Crippen LogP contribution in [0.3, 0.4) is 0 Å². The highest BCUT2D eigenvalue weighted by atomic mass is 19.1. The van der Waals surface area contributed by atoms with Crippen LogP contribution in [0.1, 0.15) is 0 Å². The van der Waals surface area contributed by atoms with Gasteiger partial charge in [-0.2, -0.15) is 0 Å². The van der Waals surface area contributed by atoms with E-state index in [1.165, 1.54) is 21.9 Å². The minimum absolute atomic E-state index is 0.176. The molecule has 2 aromatic carbocycles. The van der Waals surface area contributed by atoms with Gasteiger partial charge in [-0.1, -0.05) is 30.3 Å². The summed E-state index contributed by atoms with van der Waals surface area (Å²) in [6, 6.07) is 13.0. The summed E-state index contributed by atoms with van der Waals surface area (Å²) in [5, 5.41) is 1.74. The first-order chi connectivity index (χ1) is 12.2. The van der Waals surface area contributed by atoms with Crippen LogP contribution >= 0.6 is 0 Å². The Labute approximate surface area is 143 Å². The molecule has 0 radical (unpaired) electrons. The normalized spacial score (nSPS) is 17.1. The van der Waals surface area contributed by atoms with Gasteiger partial charge < -0.3 is 0 Å². The molecule has 0 bridgehead atoms. The van der Waals surface area contributed by atoms with Crippen LogP contribution < -0.4 is 9.80 Å². The lowest BCUT2D eigenvalue weighted by molar-refractivity contribution is 0.255. The largest absolute Gasteiger partial charge is 0.335 e. The first-order valence-electron chi connectivity index (χ1n) is 7.74. The molecule has 2 amide bonds. The zero-order chi connectivity index (χ0) is 17.4. The maximum Gasteiger partial charge on any atom is 0.335 e. The quantitative estimate of drug-likeness (QED) is 0.664. The Balaban J connectivity index is 1.81. The van der Waals surface area contributed by atoms with Crippen molar-refractivity contribution in [3.8, 4) is 0 Å². The second kappa shape index (κ2) is 5.87. The molecule has 3 aromatic rings. The summed E-state index contributed by atoms with van der Waals surface area (Å²) in [7, 11) is 0. The van der Waals surface area contributed by atoms with Crippen molar-refractivity contribution >= 4 is 28.2 Å². The van der Waals surface area contributed by atoms with Gasteiger partial charge in [0, 0.05) is 22.7 Å². The molecule has 1 atom stereocenters. The molecule has 25 heavy (non-hydrogen) atoms. The van der Waals surface area contributed by atoms with E-state index in [0.717, 1.165) is 10.8 Å². The summed E-state index contributed by atoms with van der Waals surface area (Å²) >= 11 is 0. The molecule has 2 heterocycles. The van der Waals surface area contributed by atoms with Crippen molar-refractivity contribution in [1.82, 2.24) is 4.98 Å². The van der Waals surface area contributed by atoms with Crippen molar-refractivity contribution in [2.75, 3.05) is 16.3 Å². The number of carbonyl (C=O) groups is 1. The Morgan fingerprint density at radius 2 is 2.00 bits per heavy atom. The molecule has 1 aliphatic rings. The van der Waals surface area contributed by atoms with Gasteiger partial charge >= 0.3 is 12.2 Å². The maximum atomic E-state index is 13.5. The van der Waals surface area contributed by atoms with Crippen molar-refractivity contribution in [1.29, 1.82) is 0 Å². The molecule has 4 rings (SSSR count). The van der Waals surface area contributed by atoms with Crippen LogP contribution in [0.2, 0.25) is 0 Å². The van der Waals surface area contributed by atoms with E-state index in [2.05, 4.69) is 9.83 Å². The molecule has 1 aromatic heterocycles. The first-order valence-corrected chi connectivity index (χ1v) is 7.74. The molecule has 1 fully saturated rings. The third-order valence-electron chi connectivity index (χ3n) is 4.26. The molecule has 1 saturated heterocycles. The number of aromatic nitrogens is 1. The van der Waals surface area contributed by atoms with Gasteiger partial charge in [-0.25, -0.2) is 20.7 Å². The summed E-state index contributed by atoms with van der Waals surface area (Å²) in [5.41, 5.74) is 1.03. The van der Waals surface area contributed by atoms with E-state index in [9.17, 15) is 9.18 Å². The predicted molar refractivity (Wildman–Crippen MR) is 93.8 cm³/mol. The van der Waals surface area contributed by atoms with Crippen molar-refractivity contribution in [3.05, 3.63) is 78.2 Å². The van der Waals surface area contributed by atoms with Gasteiger partial charge in [0.25, 0.3) is 0 Å². The standard InChI is InChI=1S/C19H13FN4O/c1-21-18-12-23(15-7-4-6-14(20)9-15)19(25)24(18)17-11-22-10-13-5-2-3-8-16(13)17/h2-11,18H,12H2/t18-/m0/s1. The average Bonchev–Trinajstić information content (AvgIpc) is 2.97. The average molecular weight is 332 g/mol. The highest BCUT2D eigenvalue weighted by molar-refractivity contribution is 6.11. The molecule has 5 nitrogen and oxygen atoms in total. The molecular formula is C19H13FN4O. The van der Waals surface area contributed by atoms with E-state index in [-0.39, 0.29) is 12.6 Å². The lowest BCUT2D eigenvalue weighted by Crippen LogP contribution is -2.34. The minimum atomic E-state index is -0.691. The van der Waals surface area contributed by atoms with Gasteiger partial charge in [-0.15, -0.1) is 0 Å². The molecule has 0 N–H and O–H groups in total. The fourth-order valence-electron chi connectivity index (χ4n) is 3.10. The highest BCUT2D eigenvalue weighted by Crippen LogP contribution is 2.33. The summed E-state index contributed by atoms with van der Waals surface area (Å²) in [4.78, 5) is 23.6. The number of urea groups is 1. The van der Waals surface area contributed by atoms with E-state index in [1.54, 1.807) is 24.5 Å². The Morgan fingerprint density at radius 3 is 2.80 bits per heavy atom. The number of carbonyl (C=O) groups excluding carboxylic acids is 1. The number of halogens is 1. The number of anilines is 2. The van der Waals surface area contributed by atoms with Crippen LogP contribution in [0, 0.1) is 12.4 Å². The Hall–Kier alpha value is -3.46. The number of fused-ring (bicyclic) bond motifs is 1. The molecule has 6 heteroatoms. The van der Waals surface area contributed by atoms with Gasteiger partial charge in [0.15, 0.2) is 0 Å². The monoisotopic (exact) mass is 332 g/mol. The van der Waals surface area contributed by atoms with Gasteiger partial charge in [-0.05, 0) is 18.2 Å². The fraction of sp³-hybridized carbons (Fsp3) is 0.105. The van der Waals surface area contributed by atoms with Gasteiger partial charge in [-0.3, -0.25) is 14.7 Å². The topological polar surface area (TPSA) is 40.8 Å². The summed E-state index contributed by atoms with van der Waals surface area (Å²) in [6.07, 6.45) is 2.62. The fourth-order valence-corrected chi connectivity index (χ4v) is 3.10.